The van der Waals surface area contributed by atoms with Gasteiger partial charge in [0.1, 0.15) is 5.75 Å². The van der Waals surface area contributed by atoms with Crippen LogP contribution in [0.25, 0.3) is 0 Å². The first-order valence-corrected chi connectivity index (χ1v) is 13.1. The molecule has 3 N–H and O–H groups in total. The van der Waals surface area contributed by atoms with Crippen molar-refractivity contribution in [2.75, 3.05) is 45.6 Å². The van der Waals surface area contributed by atoms with Crippen LogP contribution in [0, 0.1) is 5.41 Å². The monoisotopic (exact) mass is 480 g/mol. The normalized spacial score (nSPS) is 20.1. The SMILES string of the molecule is CS(=O)(=O)NCC(=O)N1CCC2(CCCCOc3ccccc3C(=O)NCCNC2=O)CC1. The smallest absolute Gasteiger partial charge is 0.255 e. The van der Waals surface area contributed by atoms with Gasteiger partial charge in [-0.2, -0.15) is 0 Å². The van der Waals surface area contributed by atoms with Crippen LogP contribution in [0.5, 0.6) is 5.75 Å². The standard InChI is InChI=1S/C22H32N4O6S/c1-33(30,31)25-16-19(27)26-13-9-22(10-14-26)8-4-5-15-32-18-7-3-2-6-17(18)20(28)23-11-12-24-21(22)29/h2-3,6-7,25H,4-5,8-16H2,1H3,(H,23,28)(H,24,29). The van der Waals surface area contributed by atoms with Gasteiger partial charge in [0.15, 0.2) is 0 Å². The van der Waals surface area contributed by atoms with Crippen molar-refractivity contribution >= 4 is 27.7 Å². The first-order chi connectivity index (χ1) is 15.7. The molecule has 1 aromatic carbocycles. The van der Waals surface area contributed by atoms with Crippen molar-refractivity contribution in [3.05, 3.63) is 29.8 Å². The number of nitrogens with one attached hydrogen (secondary N) is 3. The van der Waals surface area contributed by atoms with Gasteiger partial charge in [-0.25, -0.2) is 13.1 Å². The number of likely N-dealkylation sites (tertiary alicyclic amines) is 1. The molecule has 0 bridgehead atoms. The number of hydrogen-bond donors (Lipinski definition) is 3. The van der Waals surface area contributed by atoms with Gasteiger partial charge in [-0.3, -0.25) is 14.4 Å². The average molecular weight is 481 g/mol. The molecule has 3 amide bonds. The highest BCUT2D eigenvalue weighted by molar-refractivity contribution is 7.88. The number of fused-ring (bicyclic) bond motifs is 1. The molecule has 10 nitrogen and oxygen atoms in total. The van der Waals surface area contributed by atoms with Crippen LogP contribution >= 0.6 is 0 Å². The lowest BCUT2D eigenvalue weighted by Crippen LogP contribution is -2.52. The molecule has 1 spiro atoms. The third-order valence-corrected chi connectivity index (χ3v) is 6.84. The fourth-order valence-electron chi connectivity index (χ4n) is 4.24. The summed E-state index contributed by atoms with van der Waals surface area (Å²) in [4.78, 5) is 39.6. The first kappa shape index (κ1) is 25.0. The molecule has 1 fully saturated rings. The van der Waals surface area contributed by atoms with Gasteiger partial charge in [-0.15, -0.1) is 0 Å². The number of amides is 3. The fourth-order valence-corrected chi connectivity index (χ4v) is 4.63. The maximum atomic E-state index is 13.1. The van der Waals surface area contributed by atoms with E-state index in [0.29, 0.717) is 56.8 Å². The Hall–Kier alpha value is -2.66. The van der Waals surface area contributed by atoms with Crippen LogP contribution in [0.1, 0.15) is 42.5 Å². The third-order valence-electron chi connectivity index (χ3n) is 6.18. The topological polar surface area (TPSA) is 134 Å². The molecule has 182 valence electrons. The van der Waals surface area contributed by atoms with E-state index in [1.807, 2.05) is 6.07 Å². The highest BCUT2D eigenvalue weighted by atomic mass is 32.2. The predicted molar refractivity (Wildman–Crippen MR) is 122 cm³/mol. The zero-order valence-corrected chi connectivity index (χ0v) is 19.7. The van der Waals surface area contributed by atoms with Crippen molar-refractivity contribution in [3.8, 4) is 5.75 Å². The van der Waals surface area contributed by atoms with E-state index < -0.39 is 15.4 Å². The summed E-state index contributed by atoms with van der Waals surface area (Å²) in [5.74, 6) is -0.0793. The van der Waals surface area contributed by atoms with Crippen LogP contribution in [0.4, 0.5) is 0 Å². The van der Waals surface area contributed by atoms with Gasteiger partial charge in [-0.05, 0) is 44.2 Å². The van der Waals surface area contributed by atoms with Crippen LogP contribution in [0.2, 0.25) is 0 Å². The molecule has 2 aliphatic heterocycles. The van der Waals surface area contributed by atoms with Crippen molar-refractivity contribution in [1.29, 1.82) is 0 Å². The largest absolute Gasteiger partial charge is 0.493 e. The summed E-state index contributed by atoms with van der Waals surface area (Å²) in [6.07, 6.45) is 4.17. The molecule has 1 saturated heterocycles. The molecule has 33 heavy (non-hydrogen) atoms. The van der Waals surface area contributed by atoms with E-state index in [2.05, 4.69) is 15.4 Å². The van der Waals surface area contributed by atoms with Gasteiger partial charge in [0.25, 0.3) is 5.91 Å². The Morgan fingerprint density at radius 2 is 1.79 bits per heavy atom. The molecule has 2 aliphatic rings. The Bertz CT molecular complexity index is 973. The summed E-state index contributed by atoms with van der Waals surface area (Å²) in [7, 11) is -3.45. The van der Waals surface area contributed by atoms with Crippen LogP contribution in [-0.4, -0.2) is 76.6 Å². The predicted octanol–water partition coefficient (Wildman–Crippen LogP) is 0.253. The lowest BCUT2D eigenvalue weighted by molar-refractivity contribution is -0.140. The Labute approximate surface area is 194 Å². The van der Waals surface area contributed by atoms with Gasteiger partial charge in [0, 0.05) is 26.2 Å². The average Bonchev–Trinajstić information content (AvgIpc) is 2.79. The third kappa shape index (κ3) is 6.91. The van der Waals surface area contributed by atoms with Crippen LogP contribution in [-0.2, 0) is 19.6 Å². The molecule has 0 unspecified atom stereocenters. The second kappa shape index (κ2) is 11.0. The number of piperidine rings is 1. The molecule has 0 radical (unpaired) electrons. The van der Waals surface area contributed by atoms with Gasteiger partial charge < -0.3 is 20.3 Å². The van der Waals surface area contributed by atoms with Crippen LogP contribution in [0.15, 0.2) is 24.3 Å². The van der Waals surface area contributed by atoms with Crippen molar-refractivity contribution < 1.29 is 27.5 Å². The number of hydrogen-bond acceptors (Lipinski definition) is 6. The van der Waals surface area contributed by atoms with E-state index in [0.717, 1.165) is 19.1 Å². The number of sulfonamides is 1. The van der Waals surface area contributed by atoms with Crippen molar-refractivity contribution in [3.63, 3.8) is 0 Å². The summed E-state index contributed by atoms with van der Waals surface area (Å²) in [6.45, 7) is 1.52. The minimum Gasteiger partial charge on any atom is -0.493 e. The van der Waals surface area contributed by atoms with Gasteiger partial charge in [0.2, 0.25) is 21.8 Å². The zero-order chi connectivity index (χ0) is 23.9. The highest BCUT2D eigenvalue weighted by Crippen LogP contribution is 2.37. The first-order valence-electron chi connectivity index (χ1n) is 11.2. The number of benzene rings is 1. The highest BCUT2D eigenvalue weighted by Gasteiger charge is 2.41. The Kier molecular flexibility index (Phi) is 8.30. The molecule has 0 aromatic heterocycles. The number of nitrogens with zero attached hydrogens (tertiary/aromatic N) is 1. The summed E-state index contributed by atoms with van der Waals surface area (Å²) < 4.78 is 30.6. The zero-order valence-electron chi connectivity index (χ0n) is 18.9. The van der Waals surface area contributed by atoms with E-state index in [-0.39, 0.29) is 30.8 Å². The molecule has 0 aliphatic carbocycles. The van der Waals surface area contributed by atoms with Crippen molar-refractivity contribution in [2.45, 2.75) is 32.1 Å². The summed E-state index contributed by atoms with van der Waals surface area (Å²) in [5, 5.41) is 5.76. The lowest BCUT2D eigenvalue weighted by atomic mass is 9.73. The molecular weight excluding hydrogens is 448 g/mol. The Morgan fingerprint density at radius 1 is 1.09 bits per heavy atom. The number of carbonyl (C=O) groups is 3. The van der Waals surface area contributed by atoms with Crippen molar-refractivity contribution in [2.24, 2.45) is 5.41 Å². The molecular formula is C22H32N4O6S. The number of para-hydroxylation sites is 1. The maximum Gasteiger partial charge on any atom is 0.255 e. The minimum atomic E-state index is -3.45. The molecule has 11 heteroatoms. The number of ether oxygens (including phenoxy) is 1. The molecule has 0 saturated carbocycles. The van der Waals surface area contributed by atoms with E-state index in [4.69, 9.17) is 4.74 Å². The van der Waals surface area contributed by atoms with E-state index >= 15 is 0 Å². The molecule has 3 rings (SSSR count). The number of rotatable bonds is 3. The lowest BCUT2D eigenvalue weighted by Gasteiger charge is -2.41. The Morgan fingerprint density at radius 3 is 2.52 bits per heavy atom. The van der Waals surface area contributed by atoms with Gasteiger partial charge in [0.05, 0.1) is 30.4 Å². The molecule has 0 atom stereocenters. The van der Waals surface area contributed by atoms with Crippen molar-refractivity contribution in [1.82, 2.24) is 20.3 Å². The quantitative estimate of drug-likeness (QED) is 0.568. The van der Waals surface area contributed by atoms with Crippen LogP contribution < -0.4 is 20.1 Å². The number of carbonyl (C=O) groups excluding carboxylic acids is 3. The summed E-state index contributed by atoms with van der Waals surface area (Å²) >= 11 is 0. The maximum absolute atomic E-state index is 13.1. The summed E-state index contributed by atoms with van der Waals surface area (Å²) in [5.41, 5.74) is -0.132. The molecule has 1 aromatic rings. The minimum absolute atomic E-state index is 0.0727. The van der Waals surface area contributed by atoms with E-state index in [1.165, 1.54) is 0 Å². The molecule has 2 heterocycles. The van der Waals surface area contributed by atoms with E-state index in [9.17, 15) is 22.8 Å². The van der Waals surface area contributed by atoms with Crippen LogP contribution in [0.3, 0.4) is 0 Å². The van der Waals surface area contributed by atoms with Gasteiger partial charge >= 0.3 is 0 Å². The van der Waals surface area contributed by atoms with Gasteiger partial charge in [-0.1, -0.05) is 12.1 Å². The van der Waals surface area contributed by atoms with E-state index in [1.54, 1.807) is 23.1 Å². The fraction of sp³-hybridized carbons (Fsp3) is 0.591. The summed E-state index contributed by atoms with van der Waals surface area (Å²) in [6, 6.07) is 7.09. The second-order valence-electron chi connectivity index (χ2n) is 8.57. The second-order valence-corrected chi connectivity index (χ2v) is 10.4. The Balaban J connectivity index is 1.62.